The number of likely N-dealkylation sites (tertiary alicyclic amines) is 1. The maximum Gasteiger partial charge on any atom is 0.257 e. The second-order valence-electron chi connectivity index (χ2n) is 7.22. The molecular formula is C21H22N6O. The monoisotopic (exact) mass is 374 g/mol. The van der Waals surface area contributed by atoms with Crippen LogP contribution in [0.15, 0.2) is 36.7 Å². The topological polar surface area (TPSA) is 77.5 Å². The van der Waals surface area contributed by atoms with Crippen molar-refractivity contribution in [3.8, 4) is 17.3 Å². The fraction of sp³-hybridized carbons (Fsp3) is 0.333. The van der Waals surface area contributed by atoms with Crippen LogP contribution in [0, 0.1) is 11.3 Å². The fourth-order valence-electron chi connectivity index (χ4n) is 3.70. The van der Waals surface area contributed by atoms with Crippen LogP contribution in [0.25, 0.3) is 16.8 Å². The minimum absolute atomic E-state index is 0.0330. The Morgan fingerprint density at radius 1 is 1.18 bits per heavy atom. The molecule has 4 rings (SSSR count). The number of hydrogen-bond donors (Lipinski definition) is 0. The molecule has 0 radical (unpaired) electrons. The van der Waals surface area contributed by atoms with Crippen molar-refractivity contribution < 1.29 is 4.79 Å². The molecule has 7 nitrogen and oxygen atoms in total. The number of anilines is 1. The van der Waals surface area contributed by atoms with Crippen molar-refractivity contribution >= 4 is 17.2 Å². The molecule has 1 amide bonds. The summed E-state index contributed by atoms with van der Waals surface area (Å²) in [4.78, 5) is 21.1. The molecule has 0 saturated carbocycles. The van der Waals surface area contributed by atoms with Gasteiger partial charge < -0.3 is 9.80 Å². The van der Waals surface area contributed by atoms with E-state index < -0.39 is 0 Å². The first-order chi connectivity index (χ1) is 13.6. The molecule has 0 bridgehead atoms. The van der Waals surface area contributed by atoms with Crippen molar-refractivity contribution in [2.24, 2.45) is 0 Å². The standard InChI is InChI=1S/C21H22N6O/c1-25(2)20-15(12-22)11-16(13-23-20)18-7-6-8-19-17(14-24-27(18)19)21(28)26-9-4-3-5-10-26/h6-8,11,13-14H,3-5,9-10H2,1-2H3. The van der Waals surface area contributed by atoms with E-state index in [1.807, 2.05) is 48.2 Å². The summed E-state index contributed by atoms with van der Waals surface area (Å²) in [6, 6.07) is 9.75. The molecule has 3 aromatic rings. The van der Waals surface area contributed by atoms with Gasteiger partial charge in [0.05, 0.1) is 28.5 Å². The summed E-state index contributed by atoms with van der Waals surface area (Å²) < 4.78 is 1.75. The molecule has 0 aliphatic carbocycles. The Bertz CT molecular complexity index is 1070. The Morgan fingerprint density at radius 3 is 2.68 bits per heavy atom. The van der Waals surface area contributed by atoms with Gasteiger partial charge in [0.2, 0.25) is 0 Å². The van der Waals surface area contributed by atoms with Crippen LogP contribution in [0.3, 0.4) is 0 Å². The molecule has 1 aliphatic heterocycles. The highest BCUT2D eigenvalue weighted by molar-refractivity contribution is 6.01. The summed E-state index contributed by atoms with van der Waals surface area (Å²) in [5.74, 6) is 0.658. The maximum atomic E-state index is 13.0. The minimum atomic E-state index is 0.0330. The Morgan fingerprint density at radius 2 is 1.96 bits per heavy atom. The van der Waals surface area contributed by atoms with Crippen LogP contribution >= 0.6 is 0 Å². The number of carbonyl (C=O) groups excluding carboxylic acids is 1. The number of amides is 1. The van der Waals surface area contributed by atoms with Crippen molar-refractivity contribution in [3.63, 3.8) is 0 Å². The zero-order valence-electron chi connectivity index (χ0n) is 16.1. The van der Waals surface area contributed by atoms with Crippen LogP contribution in [-0.2, 0) is 0 Å². The van der Waals surface area contributed by atoms with Gasteiger partial charge in [-0.25, -0.2) is 9.50 Å². The van der Waals surface area contributed by atoms with E-state index in [4.69, 9.17) is 0 Å². The Kier molecular flexibility index (Phi) is 4.70. The highest BCUT2D eigenvalue weighted by Crippen LogP contribution is 2.26. The molecule has 1 fully saturated rings. The molecule has 0 unspecified atom stereocenters. The Hall–Kier alpha value is -3.40. The molecule has 0 atom stereocenters. The lowest BCUT2D eigenvalue weighted by Gasteiger charge is -2.26. The number of rotatable bonds is 3. The summed E-state index contributed by atoms with van der Waals surface area (Å²) in [6.45, 7) is 1.61. The maximum absolute atomic E-state index is 13.0. The van der Waals surface area contributed by atoms with Crippen LogP contribution in [0.1, 0.15) is 35.2 Å². The van der Waals surface area contributed by atoms with Gasteiger partial charge in [-0.1, -0.05) is 6.07 Å². The first kappa shape index (κ1) is 18.0. The van der Waals surface area contributed by atoms with Crippen LogP contribution in [0.5, 0.6) is 0 Å². The summed E-state index contributed by atoms with van der Waals surface area (Å²) in [7, 11) is 3.71. The van der Waals surface area contributed by atoms with E-state index in [-0.39, 0.29) is 5.91 Å². The fourth-order valence-corrected chi connectivity index (χ4v) is 3.70. The number of nitriles is 1. The van der Waals surface area contributed by atoms with Crippen LogP contribution in [-0.4, -0.2) is 52.6 Å². The lowest BCUT2D eigenvalue weighted by molar-refractivity contribution is 0.0726. The predicted molar refractivity (Wildman–Crippen MR) is 107 cm³/mol. The third kappa shape index (κ3) is 3.07. The second-order valence-corrected chi connectivity index (χ2v) is 7.22. The lowest BCUT2D eigenvalue weighted by Crippen LogP contribution is -2.35. The number of fused-ring (bicyclic) bond motifs is 1. The van der Waals surface area contributed by atoms with Gasteiger partial charge in [-0.05, 0) is 37.5 Å². The van der Waals surface area contributed by atoms with E-state index in [1.54, 1.807) is 16.9 Å². The number of nitrogens with zero attached hydrogens (tertiary/aromatic N) is 6. The summed E-state index contributed by atoms with van der Waals surface area (Å²) >= 11 is 0. The smallest absolute Gasteiger partial charge is 0.257 e. The van der Waals surface area contributed by atoms with E-state index in [9.17, 15) is 10.1 Å². The lowest BCUT2D eigenvalue weighted by atomic mass is 10.1. The molecule has 1 aliphatic rings. The highest BCUT2D eigenvalue weighted by atomic mass is 16.2. The van der Waals surface area contributed by atoms with Crippen molar-refractivity contribution in [2.75, 3.05) is 32.1 Å². The number of pyridine rings is 2. The molecule has 0 spiro atoms. The first-order valence-corrected chi connectivity index (χ1v) is 9.44. The summed E-state index contributed by atoms with van der Waals surface area (Å²) in [5, 5.41) is 14.0. The third-order valence-electron chi connectivity index (χ3n) is 5.12. The molecular weight excluding hydrogens is 352 g/mol. The number of aromatic nitrogens is 3. The Labute approximate surface area is 163 Å². The second kappa shape index (κ2) is 7.31. The van der Waals surface area contributed by atoms with Gasteiger partial charge in [-0.2, -0.15) is 10.4 Å². The van der Waals surface area contributed by atoms with Crippen LogP contribution in [0.2, 0.25) is 0 Å². The summed E-state index contributed by atoms with van der Waals surface area (Å²) in [6.07, 6.45) is 6.66. The van der Waals surface area contributed by atoms with Crippen molar-refractivity contribution in [1.82, 2.24) is 19.5 Å². The normalized spacial score (nSPS) is 14.1. The molecule has 4 heterocycles. The molecule has 3 aromatic heterocycles. The van der Waals surface area contributed by atoms with Crippen LogP contribution in [0.4, 0.5) is 5.82 Å². The average molecular weight is 374 g/mol. The average Bonchev–Trinajstić information content (AvgIpc) is 3.17. The van der Waals surface area contributed by atoms with Gasteiger partial charge in [0.25, 0.3) is 5.91 Å². The van der Waals surface area contributed by atoms with Gasteiger partial charge in [-0.3, -0.25) is 4.79 Å². The van der Waals surface area contributed by atoms with Crippen LogP contribution < -0.4 is 4.90 Å². The Balaban J connectivity index is 1.77. The van der Waals surface area contributed by atoms with E-state index in [1.165, 1.54) is 6.42 Å². The van der Waals surface area contributed by atoms with Gasteiger partial charge in [0.15, 0.2) is 0 Å². The summed E-state index contributed by atoms with van der Waals surface area (Å²) in [5.41, 5.74) is 3.46. The van der Waals surface area contributed by atoms with Gasteiger partial charge in [0, 0.05) is 38.9 Å². The molecule has 0 aromatic carbocycles. The quantitative estimate of drug-likeness (QED) is 0.704. The molecule has 1 saturated heterocycles. The van der Waals surface area contributed by atoms with E-state index in [2.05, 4.69) is 16.2 Å². The molecule has 142 valence electrons. The van der Waals surface area contributed by atoms with Crippen molar-refractivity contribution in [1.29, 1.82) is 5.26 Å². The molecule has 0 N–H and O–H groups in total. The zero-order valence-corrected chi connectivity index (χ0v) is 16.1. The molecule has 7 heteroatoms. The van der Waals surface area contributed by atoms with Crippen molar-refractivity contribution in [3.05, 3.63) is 47.8 Å². The van der Waals surface area contributed by atoms with Gasteiger partial charge >= 0.3 is 0 Å². The molecule has 28 heavy (non-hydrogen) atoms. The largest absolute Gasteiger partial charge is 0.362 e. The number of hydrogen-bond acceptors (Lipinski definition) is 5. The number of carbonyl (C=O) groups is 1. The van der Waals surface area contributed by atoms with E-state index >= 15 is 0 Å². The SMILES string of the molecule is CN(C)c1ncc(-c2cccc3c(C(=O)N4CCCCC4)cnn23)cc1C#N. The number of piperidine rings is 1. The zero-order chi connectivity index (χ0) is 19.7. The van der Waals surface area contributed by atoms with Gasteiger partial charge in [0.1, 0.15) is 11.9 Å². The predicted octanol–water partition coefficient (Wildman–Crippen LogP) is 2.96. The van der Waals surface area contributed by atoms with Gasteiger partial charge in [-0.15, -0.1) is 0 Å². The third-order valence-corrected chi connectivity index (χ3v) is 5.12. The first-order valence-electron chi connectivity index (χ1n) is 9.44. The van der Waals surface area contributed by atoms with Crippen molar-refractivity contribution in [2.45, 2.75) is 19.3 Å². The minimum Gasteiger partial charge on any atom is -0.362 e. The highest BCUT2D eigenvalue weighted by Gasteiger charge is 2.22. The van der Waals surface area contributed by atoms with E-state index in [0.717, 1.165) is 42.7 Å². The van der Waals surface area contributed by atoms with E-state index in [0.29, 0.717) is 16.9 Å².